The van der Waals surface area contributed by atoms with Crippen molar-refractivity contribution in [1.82, 2.24) is 0 Å². The number of anilines is 1. The molecule has 2 bridgehead atoms. The molecule has 1 saturated carbocycles. The highest BCUT2D eigenvalue weighted by Crippen LogP contribution is 2.57. The molecule has 118 valence electrons. The molecule has 4 rings (SSSR count). The standard InChI is InChI=1S/C19H18ClNO2/c1-9(2)15-11-7-8-12(15)17-16(11)18(22)21(19(17)23)14-6-4-5-13(20)10(14)3/h4-8,11-12,16-17H,1-3H3. The van der Waals surface area contributed by atoms with Crippen LogP contribution in [0.2, 0.25) is 5.02 Å². The van der Waals surface area contributed by atoms with Gasteiger partial charge in [-0.15, -0.1) is 0 Å². The average molecular weight is 328 g/mol. The fraction of sp³-hybridized carbons (Fsp3) is 0.368. The Morgan fingerprint density at radius 2 is 1.61 bits per heavy atom. The Morgan fingerprint density at radius 1 is 1.04 bits per heavy atom. The molecular formula is C19H18ClNO2. The van der Waals surface area contributed by atoms with Gasteiger partial charge in [-0.25, -0.2) is 4.90 Å². The molecule has 0 spiro atoms. The van der Waals surface area contributed by atoms with Crippen LogP contribution in [0.25, 0.3) is 0 Å². The quantitative estimate of drug-likeness (QED) is 0.579. The van der Waals surface area contributed by atoms with Crippen molar-refractivity contribution in [3.8, 4) is 0 Å². The van der Waals surface area contributed by atoms with Crippen LogP contribution in [-0.4, -0.2) is 11.8 Å². The van der Waals surface area contributed by atoms with Gasteiger partial charge < -0.3 is 0 Å². The number of halogens is 1. The molecule has 0 radical (unpaired) electrons. The molecule has 2 amide bonds. The van der Waals surface area contributed by atoms with E-state index in [0.717, 1.165) is 5.56 Å². The predicted molar refractivity (Wildman–Crippen MR) is 90.2 cm³/mol. The van der Waals surface area contributed by atoms with Crippen LogP contribution >= 0.6 is 11.6 Å². The lowest BCUT2D eigenvalue weighted by molar-refractivity contribution is -0.122. The van der Waals surface area contributed by atoms with Crippen molar-refractivity contribution in [2.24, 2.45) is 23.7 Å². The van der Waals surface area contributed by atoms with Gasteiger partial charge in [-0.05, 0) is 38.5 Å². The summed E-state index contributed by atoms with van der Waals surface area (Å²) in [5, 5.41) is 0.575. The van der Waals surface area contributed by atoms with E-state index >= 15 is 0 Å². The van der Waals surface area contributed by atoms with Gasteiger partial charge in [-0.3, -0.25) is 9.59 Å². The Bertz CT molecular complexity index is 770. The van der Waals surface area contributed by atoms with Gasteiger partial charge in [0.1, 0.15) is 0 Å². The first kappa shape index (κ1) is 14.7. The van der Waals surface area contributed by atoms with Crippen LogP contribution in [0.3, 0.4) is 0 Å². The Morgan fingerprint density at radius 3 is 2.13 bits per heavy atom. The van der Waals surface area contributed by atoms with Crippen molar-refractivity contribution in [1.29, 1.82) is 0 Å². The minimum Gasteiger partial charge on any atom is -0.274 e. The molecule has 2 fully saturated rings. The molecule has 1 aromatic rings. The molecular weight excluding hydrogens is 310 g/mol. The molecule has 1 heterocycles. The van der Waals surface area contributed by atoms with Gasteiger partial charge in [-0.2, -0.15) is 0 Å². The summed E-state index contributed by atoms with van der Waals surface area (Å²) in [6.45, 7) is 5.98. The predicted octanol–water partition coefficient (Wildman–Crippen LogP) is 3.91. The fourth-order valence-electron chi connectivity index (χ4n) is 4.51. The summed E-state index contributed by atoms with van der Waals surface area (Å²) in [6, 6.07) is 5.36. The van der Waals surface area contributed by atoms with E-state index in [1.807, 2.05) is 6.92 Å². The maximum absolute atomic E-state index is 13.0. The lowest BCUT2D eigenvalue weighted by Gasteiger charge is -2.21. The maximum Gasteiger partial charge on any atom is 0.238 e. The highest BCUT2D eigenvalue weighted by atomic mass is 35.5. The Kier molecular flexibility index (Phi) is 3.08. The third-order valence-corrected chi connectivity index (χ3v) is 5.88. The smallest absolute Gasteiger partial charge is 0.238 e. The molecule has 4 heteroatoms. The molecule has 1 aromatic carbocycles. The maximum atomic E-state index is 13.0. The second-order valence-electron chi connectivity index (χ2n) is 6.84. The molecule has 1 aliphatic heterocycles. The third kappa shape index (κ3) is 1.77. The van der Waals surface area contributed by atoms with Gasteiger partial charge in [0, 0.05) is 16.9 Å². The molecule has 0 N–H and O–H groups in total. The number of hydrogen-bond acceptors (Lipinski definition) is 2. The fourth-order valence-corrected chi connectivity index (χ4v) is 4.68. The van der Waals surface area contributed by atoms with Crippen molar-refractivity contribution in [2.75, 3.05) is 4.90 Å². The molecule has 0 aromatic heterocycles. The van der Waals surface area contributed by atoms with Crippen LogP contribution in [-0.2, 0) is 9.59 Å². The summed E-state index contributed by atoms with van der Waals surface area (Å²) < 4.78 is 0. The van der Waals surface area contributed by atoms with Gasteiger partial charge in [0.05, 0.1) is 17.5 Å². The van der Waals surface area contributed by atoms with E-state index < -0.39 is 0 Å². The summed E-state index contributed by atoms with van der Waals surface area (Å²) in [6.07, 6.45) is 4.21. The number of carbonyl (C=O) groups excluding carboxylic acids is 2. The third-order valence-electron chi connectivity index (χ3n) is 5.47. The van der Waals surface area contributed by atoms with E-state index in [-0.39, 0.29) is 35.5 Å². The Hall–Kier alpha value is -1.87. The van der Waals surface area contributed by atoms with Crippen molar-refractivity contribution >= 4 is 29.1 Å². The molecule has 23 heavy (non-hydrogen) atoms. The number of carbonyl (C=O) groups is 2. The van der Waals surface area contributed by atoms with E-state index in [4.69, 9.17) is 11.6 Å². The molecule has 4 atom stereocenters. The lowest BCUT2D eigenvalue weighted by Crippen LogP contribution is -2.33. The molecule has 3 nitrogen and oxygen atoms in total. The normalized spacial score (nSPS) is 31.3. The molecule has 3 aliphatic rings. The van der Waals surface area contributed by atoms with Crippen molar-refractivity contribution in [2.45, 2.75) is 20.8 Å². The molecule has 1 saturated heterocycles. The highest BCUT2D eigenvalue weighted by molar-refractivity contribution is 6.32. The zero-order valence-electron chi connectivity index (χ0n) is 13.3. The molecule has 2 aliphatic carbocycles. The lowest BCUT2D eigenvalue weighted by atomic mass is 9.85. The van der Waals surface area contributed by atoms with Crippen LogP contribution in [0.4, 0.5) is 5.69 Å². The number of benzene rings is 1. The van der Waals surface area contributed by atoms with Gasteiger partial charge >= 0.3 is 0 Å². The summed E-state index contributed by atoms with van der Waals surface area (Å²) in [7, 11) is 0. The van der Waals surface area contributed by atoms with E-state index in [0.29, 0.717) is 10.7 Å². The van der Waals surface area contributed by atoms with E-state index in [2.05, 4.69) is 26.0 Å². The van der Waals surface area contributed by atoms with E-state index in [1.165, 1.54) is 16.0 Å². The SMILES string of the molecule is CC(C)=C1C2C=CC1C1C(=O)N(c3cccc(Cl)c3C)C(=O)C21. The zero-order chi connectivity index (χ0) is 16.5. The summed E-state index contributed by atoms with van der Waals surface area (Å²) >= 11 is 6.17. The first-order valence-electron chi connectivity index (χ1n) is 7.92. The van der Waals surface area contributed by atoms with Crippen molar-refractivity contribution in [3.05, 3.63) is 52.1 Å². The summed E-state index contributed by atoms with van der Waals surface area (Å²) in [5.41, 5.74) is 3.90. The zero-order valence-corrected chi connectivity index (χ0v) is 14.1. The van der Waals surface area contributed by atoms with Crippen LogP contribution in [0, 0.1) is 30.6 Å². The number of allylic oxidation sites excluding steroid dienone is 4. The van der Waals surface area contributed by atoms with E-state index in [9.17, 15) is 9.59 Å². The van der Waals surface area contributed by atoms with Gasteiger partial charge in [0.15, 0.2) is 0 Å². The Labute approximate surface area is 140 Å². The number of fused-ring (bicyclic) bond motifs is 5. The topological polar surface area (TPSA) is 37.4 Å². The van der Waals surface area contributed by atoms with Crippen LogP contribution in [0.15, 0.2) is 41.5 Å². The second-order valence-corrected chi connectivity index (χ2v) is 7.25. The molecule has 4 unspecified atom stereocenters. The Balaban J connectivity index is 1.80. The van der Waals surface area contributed by atoms with Crippen LogP contribution in [0.1, 0.15) is 19.4 Å². The van der Waals surface area contributed by atoms with Crippen LogP contribution < -0.4 is 4.90 Å². The van der Waals surface area contributed by atoms with Crippen molar-refractivity contribution in [3.63, 3.8) is 0 Å². The second kappa shape index (κ2) is 4.81. The van der Waals surface area contributed by atoms with Crippen LogP contribution in [0.5, 0.6) is 0 Å². The van der Waals surface area contributed by atoms with Gasteiger partial charge in [0.2, 0.25) is 11.8 Å². The number of imide groups is 1. The summed E-state index contributed by atoms with van der Waals surface area (Å²) in [5.74, 6) is -0.504. The minimum atomic E-state index is -0.249. The highest BCUT2D eigenvalue weighted by Gasteiger charge is 2.62. The largest absolute Gasteiger partial charge is 0.274 e. The number of hydrogen-bond donors (Lipinski definition) is 0. The number of nitrogens with zero attached hydrogens (tertiary/aromatic N) is 1. The van der Waals surface area contributed by atoms with E-state index in [1.54, 1.807) is 18.2 Å². The first-order chi connectivity index (χ1) is 10.9. The minimum absolute atomic E-state index is 0.0796. The average Bonchev–Trinajstić information content (AvgIpc) is 3.13. The summed E-state index contributed by atoms with van der Waals surface area (Å²) in [4.78, 5) is 27.4. The monoisotopic (exact) mass is 327 g/mol. The van der Waals surface area contributed by atoms with Gasteiger partial charge in [0.25, 0.3) is 0 Å². The number of rotatable bonds is 1. The van der Waals surface area contributed by atoms with Crippen molar-refractivity contribution < 1.29 is 9.59 Å². The first-order valence-corrected chi connectivity index (χ1v) is 8.29. The van der Waals surface area contributed by atoms with Gasteiger partial charge in [-0.1, -0.05) is 41.0 Å². The number of amides is 2.